The molecule has 0 saturated carbocycles. The molecule has 0 fully saturated rings. The minimum atomic E-state index is -4.71. The largest absolute Gasteiger partial charge is 0.465 e. The van der Waals surface area contributed by atoms with Crippen molar-refractivity contribution in [2.24, 2.45) is 0 Å². The van der Waals surface area contributed by atoms with E-state index in [9.17, 15) is 18.0 Å². The molecule has 1 rings (SSSR count). The summed E-state index contributed by atoms with van der Waals surface area (Å²) < 4.78 is 43.0. The van der Waals surface area contributed by atoms with Crippen LogP contribution in [0.1, 0.15) is 12.5 Å². The maximum absolute atomic E-state index is 12.8. The molecule has 1 aromatic heterocycles. The average Bonchev–Trinajstić information content (AvgIpc) is 2.43. The van der Waals surface area contributed by atoms with Gasteiger partial charge in [-0.05, 0) is 25.1 Å². The third-order valence-electron chi connectivity index (χ3n) is 2.30. The smallest absolute Gasteiger partial charge is 0.431 e. The molecule has 21 heavy (non-hydrogen) atoms. The maximum atomic E-state index is 12.8. The highest BCUT2D eigenvalue weighted by Crippen LogP contribution is 2.23. The number of nitrogens with one attached hydrogen (secondary N) is 2. The van der Waals surface area contributed by atoms with Crippen molar-refractivity contribution in [2.45, 2.75) is 13.1 Å². The number of aromatic nitrogens is 1. The molecule has 0 radical (unpaired) electrons. The highest BCUT2D eigenvalue weighted by atomic mass is 19.4. The molecule has 0 bridgehead atoms. The van der Waals surface area contributed by atoms with Crippen molar-refractivity contribution >= 4 is 11.7 Å². The Bertz CT molecular complexity index is 527. The molecule has 0 saturated heterocycles. The Hall–Kier alpha value is -2.38. The summed E-state index contributed by atoms with van der Waals surface area (Å²) in [5.41, 5.74) is -1.33. The number of nitrogens with zero attached hydrogens (tertiary/aromatic N) is 1. The molecule has 5 nitrogen and oxygen atoms in total. The lowest BCUT2D eigenvalue weighted by atomic mass is 10.1. The first-order valence-electron chi connectivity index (χ1n) is 6.02. The van der Waals surface area contributed by atoms with Gasteiger partial charge in [-0.3, -0.25) is 9.78 Å². The van der Waals surface area contributed by atoms with Gasteiger partial charge < -0.3 is 15.5 Å². The van der Waals surface area contributed by atoms with Crippen molar-refractivity contribution < 1.29 is 22.7 Å². The summed E-state index contributed by atoms with van der Waals surface area (Å²) >= 11 is 0. The number of allylic oxidation sites excluding steroid dienone is 2. The van der Waals surface area contributed by atoms with Crippen LogP contribution in [0, 0.1) is 5.41 Å². The van der Waals surface area contributed by atoms with E-state index >= 15 is 0 Å². The topological polar surface area (TPSA) is 75.1 Å². The first-order valence-corrected chi connectivity index (χ1v) is 6.02. The van der Waals surface area contributed by atoms with Crippen LogP contribution in [0.5, 0.6) is 0 Å². The van der Waals surface area contributed by atoms with E-state index in [-0.39, 0.29) is 17.9 Å². The zero-order valence-corrected chi connectivity index (χ0v) is 11.2. The van der Waals surface area contributed by atoms with Gasteiger partial charge in [0.1, 0.15) is 12.2 Å². The molecule has 0 spiro atoms. The monoisotopic (exact) mass is 301 g/mol. The van der Waals surface area contributed by atoms with Gasteiger partial charge in [0.2, 0.25) is 0 Å². The van der Waals surface area contributed by atoms with E-state index < -0.39 is 24.4 Å². The van der Waals surface area contributed by atoms with Gasteiger partial charge in [-0.1, -0.05) is 0 Å². The van der Waals surface area contributed by atoms with Gasteiger partial charge in [0.25, 0.3) is 0 Å². The molecule has 0 aliphatic heterocycles. The lowest BCUT2D eigenvalue weighted by Crippen LogP contribution is -2.32. The highest BCUT2D eigenvalue weighted by molar-refractivity contribution is 6.06. The Morgan fingerprint density at radius 3 is 2.76 bits per heavy atom. The number of pyridine rings is 1. The second kappa shape index (κ2) is 7.41. The zero-order valence-electron chi connectivity index (χ0n) is 11.2. The van der Waals surface area contributed by atoms with Crippen molar-refractivity contribution in [2.75, 3.05) is 13.2 Å². The van der Waals surface area contributed by atoms with Crippen LogP contribution in [0.25, 0.3) is 0 Å². The SMILES string of the molecule is CCOC(=O)CN/C(=C\C(=N)c1cccnc1)C(F)(F)F. The molecular formula is C13H14F3N3O2. The Balaban J connectivity index is 2.85. The summed E-state index contributed by atoms with van der Waals surface area (Å²) in [5.74, 6) is -0.805. The van der Waals surface area contributed by atoms with Gasteiger partial charge in [0.05, 0.1) is 12.3 Å². The number of halogens is 3. The van der Waals surface area contributed by atoms with Crippen LogP contribution in [0.4, 0.5) is 13.2 Å². The van der Waals surface area contributed by atoms with Crippen molar-refractivity contribution in [3.8, 4) is 0 Å². The predicted octanol–water partition coefficient (Wildman–Crippen LogP) is 2.05. The molecule has 1 aromatic rings. The van der Waals surface area contributed by atoms with Crippen molar-refractivity contribution in [1.29, 1.82) is 5.41 Å². The summed E-state index contributed by atoms with van der Waals surface area (Å²) in [6.07, 6.45) is -1.38. The number of ether oxygens (including phenoxy) is 1. The number of alkyl halides is 3. The quantitative estimate of drug-likeness (QED) is 0.623. The van der Waals surface area contributed by atoms with Gasteiger partial charge in [0, 0.05) is 18.0 Å². The molecular weight excluding hydrogens is 287 g/mol. The van der Waals surface area contributed by atoms with Crippen LogP contribution in [-0.2, 0) is 9.53 Å². The third-order valence-corrected chi connectivity index (χ3v) is 2.30. The van der Waals surface area contributed by atoms with Crippen LogP contribution >= 0.6 is 0 Å². The summed E-state index contributed by atoms with van der Waals surface area (Å²) in [6, 6.07) is 2.97. The normalized spacial score (nSPS) is 11.9. The predicted molar refractivity (Wildman–Crippen MR) is 69.8 cm³/mol. The van der Waals surface area contributed by atoms with Gasteiger partial charge in [0.15, 0.2) is 0 Å². The minimum Gasteiger partial charge on any atom is -0.465 e. The number of esters is 1. The van der Waals surface area contributed by atoms with Gasteiger partial charge in [-0.15, -0.1) is 0 Å². The van der Waals surface area contributed by atoms with E-state index in [1.165, 1.54) is 24.5 Å². The van der Waals surface area contributed by atoms with E-state index in [0.717, 1.165) is 0 Å². The van der Waals surface area contributed by atoms with Crippen LogP contribution < -0.4 is 5.32 Å². The molecule has 2 N–H and O–H groups in total. The number of hydrogen-bond donors (Lipinski definition) is 2. The maximum Gasteiger partial charge on any atom is 0.431 e. The van der Waals surface area contributed by atoms with E-state index in [1.54, 1.807) is 6.92 Å². The van der Waals surface area contributed by atoms with E-state index in [0.29, 0.717) is 6.08 Å². The van der Waals surface area contributed by atoms with Crippen LogP contribution in [0.15, 0.2) is 36.3 Å². The molecule has 0 atom stereocenters. The summed E-state index contributed by atoms with van der Waals surface area (Å²) in [4.78, 5) is 14.8. The van der Waals surface area contributed by atoms with E-state index in [4.69, 9.17) is 5.41 Å². The van der Waals surface area contributed by atoms with Crippen molar-refractivity contribution in [3.05, 3.63) is 41.9 Å². The summed E-state index contributed by atoms with van der Waals surface area (Å²) in [6.45, 7) is 1.01. The highest BCUT2D eigenvalue weighted by Gasteiger charge is 2.34. The number of hydrogen-bond acceptors (Lipinski definition) is 5. The van der Waals surface area contributed by atoms with E-state index in [2.05, 4.69) is 9.72 Å². The molecule has 0 aliphatic rings. The number of rotatable bonds is 6. The Kier molecular flexibility index (Phi) is 5.89. The standard InChI is InChI=1S/C13H14F3N3O2/c1-2-21-12(20)8-19-11(13(14,15)16)6-10(17)9-4-3-5-18-7-9/h3-7,17,19H,2,8H2,1H3/b11-6-,17-10?. The van der Waals surface area contributed by atoms with Gasteiger partial charge >= 0.3 is 12.1 Å². The van der Waals surface area contributed by atoms with E-state index in [1.807, 2.05) is 5.32 Å². The van der Waals surface area contributed by atoms with Crippen LogP contribution in [-0.4, -0.2) is 36.0 Å². The first-order chi connectivity index (χ1) is 9.84. The summed E-state index contributed by atoms with van der Waals surface area (Å²) in [5, 5.41) is 9.58. The molecule has 8 heteroatoms. The Morgan fingerprint density at radius 1 is 1.52 bits per heavy atom. The average molecular weight is 301 g/mol. The Morgan fingerprint density at radius 2 is 2.24 bits per heavy atom. The second-order valence-electron chi connectivity index (χ2n) is 3.87. The Labute approximate surface area is 119 Å². The van der Waals surface area contributed by atoms with Crippen LogP contribution in [0.3, 0.4) is 0 Å². The van der Waals surface area contributed by atoms with Gasteiger partial charge in [-0.2, -0.15) is 13.2 Å². The van der Waals surface area contributed by atoms with Crippen LogP contribution in [0.2, 0.25) is 0 Å². The molecule has 0 aliphatic carbocycles. The number of carbonyl (C=O) groups is 1. The molecule has 0 aromatic carbocycles. The molecule has 114 valence electrons. The van der Waals surface area contributed by atoms with Crippen molar-refractivity contribution in [3.63, 3.8) is 0 Å². The fourth-order valence-corrected chi connectivity index (χ4v) is 1.36. The molecule has 0 unspecified atom stereocenters. The molecule has 1 heterocycles. The summed E-state index contributed by atoms with van der Waals surface area (Å²) in [7, 11) is 0. The van der Waals surface area contributed by atoms with Crippen molar-refractivity contribution in [1.82, 2.24) is 10.3 Å². The number of carbonyl (C=O) groups excluding carboxylic acids is 1. The third kappa shape index (κ3) is 5.64. The minimum absolute atomic E-state index is 0.0804. The molecule has 0 amide bonds. The zero-order chi connectivity index (χ0) is 15.9. The lowest BCUT2D eigenvalue weighted by Gasteiger charge is -2.14. The van der Waals surface area contributed by atoms with Gasteiger partial charge in [-0.25, -0.2) is 0 Å². The fourth-order valence-electron chi connectivity index (χ4n) is 1.36. The first kappa shape index (κ1) is 16.7. The second-order valence-corrected chi connectivity index (χ2v) is 3.87. The lowest BCUT2D eigenvalue weighted by molar-refractivity contribution is -0.142. The fraction of sp³-hybridized carbons (Fsp3) is 0.308.